The zero-order valence-corrected chi connectivity index (χ0v) is 14.5. The molecule has 1 saturated carbocycles. The second-order valence-corrected chi connectivity index (χ2v) is 7.37. The van der Waals surface area contributed by atoms with E-state index < -0.39 is 5.54 Å². The molecule has 2 N–H and O–H groups in total. The van der Waals surface area contributed by atoms with Crippen molar-refractivity contribution in [3.63, 3.8) is 0 Å². The molecule has 1 aliphatic carbocycles. The SMILES string of the molecule is CC1CCN(c2ccc([N]C(=O)NC3(CO)CCCC3)cc2)CC1. The van der Waals surface area contributed by atoms with E-state index in [2.05, 4.69) is 22.5 Å². The number of carbonyl (C=O) groups is 1. The third-order valence-electron chi connectivity index (χ3n) is 5.46. The van der Waals surface area contributed by atoms with Gasteiger partial charge in [-0.25, -0.2) is 4.79 Å². The lowest BCUT2D eigenvalue weighted by molar-refractivity contribution is 0.164. The Morgan fingerprint density at radius 2 is 1.88 bits per heavy atom. The molecule has 1 aliphatic heterocycles. The minimum absolute atomic E-state index is 0.0133. The highest BCUT2D eigenvalue weighted by Crippen LogP contribution is 2.29. The Morgan fingerprint density at radius 3 is 2.46 bits per heavy atom. The molecular formula is C19H28N3O2. The van der Waals surface area contributed by atoms with E-state index in [0.717, 1.165) is 44.7 Å². The van der Waals surface area contributed by atoms with Crippen LogP contribution in [0.1, 0.15) is 45.4 Å². The maximum atomic E-state index is 12.2. The summed E-state index contributed by atoms with van der Waals surface area (Å²) in [4.78, 5) is 14.5. The molecule has 0 atom stereocenters. The van der Waals surface area contributed by atoms with E-state index in [1.807, 2.05) is 24.3 Å². The molecule has 24 heavy (non-hydrogen) atoms. The maximum absolute atomic E-state index is 12.2. The molecule has 1 saturated heterocycles. The molecule has 0 aromatic heterocycles. The minimum Gasteiger partial charge on any atom is -0.394 e. The summed E-state index contributed by atoms with van der Waals surface area (Å²) in [5, 5.41) is 16.6. The Kier molecular flexibility index (Phi) is 5.29. The van der Waals surface area contributed by atoms with E-state index in [0.29, 0.717) is 5.69 Å². The molecule has 2 aliphatic rings. The normalized spacial score (nSPS) is 20.8. The number of benzene rings is 1. The van der Waals surface area contributed by atoms with Crippen molar-refractivity contribution in [1.29, 1.82) is 0 Å². The van der Waals surface area contributed by atoms with Gasteiger partial charge in [-0.2, -0.15) is 5.32 Å². The fourth-order valence-electron chi connectivity index (χ4n) is 3.75. The van der Waals surface area contributed by atoms with Gasteiger partial charge < -0.3 is 15.3 Å². The molecule has 1 heterocycles. The Labute approximate surface area is 144 Å². The number of hydrogen-bond donors (Lipinski definition) is 2. The van der Waals surface area contributed by atoms with E-state index in [1.165, 1.54) is 18.5 Å². The summed E-state index contributed by atoms with van der Waals surface area (Å²) in [5.74, 6) is 0.814. The fourth-order valence-corrected chi connectivity index (χ4v) is 3.75. The average molecular weight is 330 g/mol. The van der Waals surface area contributed by atoms with Gasteiger partial charge in [0.2, 0.25) is 0 Å². The van der Waals surface area contributed by atoms with Crippen molar-refractivity contribution < 1.29 is 9.90 Å². The lowest BCUT2D eigenvalue weighted by atomic mass is 9.99. The number of aliphatic hydroxyl groups excluding tert-OH is 1. The molecule has 3 rings (SSSR count). The molecule has 1 aromatic rings. The third kappa shape index (κ3) is 4.01. The van der Waals surface area contributed by atoms with Gasteiger partial charge in [0.25, 0.3) is 0 Å². The van der Waals surface area contributed by atoms with Gasteiger partial charge in [-0.15, -0.1) is 0 Å². The van der Waals surface area contributed by atoms with Gasteiger partial charge in [0.05, 0.1) is 17.8 Å². The Bertz CT molecular complexity index is 544. The number of piperidine rings is 1. The van der Waals surface area contributed by atoms with E-state index in [1.54, 1.807) is 0 Å². The Hall–Kier alpha value is -1.75. The van der Waals surface area contributed by atoms with Crippen LogP contribution in [0.2, 0.25) is 0 Å². The average Bonchev–Trinajstić information content (AvgIpc) is 3.05. The molecule has 131 valence electrons. The third-order valence-corrected chi connectivity index (χ3v) is 5.46. The summed E-state index contributed by atoms with van der Waals surface area (Å²) in [6.07, 6.45) is 6.22. The molecule has 0 bridgehead atoms. The number of nitrogens with zero attached hydrogens (tertiary/aromatic N) is 2. The number of nitrogens with one attached hydrogen (secondary N) is 1. The first-order valence-corrected chi connectivity index (χ1v) is 9.10. The van der Waals surface area contributed by atoms with Crippen LogP contribution >= 0.6 is 0 Å². The number of hydrogen-bond acceptors (Lipinski definition) is 3. The van der Waals surface area contributed by atoms with Crippen LogP contribution in [-0.4, -0.2) is 36.4 Å². The summed E-state index contributed by atoms with van der Waals surface area (Å²) in [6, 6.07) is 7.52. The monoisotopic (exact) mass is 330 g/mol. The molecule has 0 unspecified atom stereocenters. The fraction of sp³-hybridized carbons (Fsp3) is 0.632. The van der Waals surface area contributed by atoms with Gasteiger partial charge in [0.15, 0.2) is 0 Å². The van der Waals surface area contributed by atoms with Gasteiger partial charge in [0.1, 0.15) is 0 Å². The number of carbonyl (C=O) groups excluding carboxylic acids is 1. The van der Waals surface area contributed by atoms with Gasteiger partial charge in [-0.1, -0.05) is 19.8 Å². The molecule has 5 heteroatoms. The highest BCUT2D eigenvalue weighted by atomic mass is 16.3. The number of urea groups is 1. The first kappa shape index (κ1) is 17.1. The molecule has 0 spiro atoms. The van der Waals surface area contributed by atoms with E-state index >= 15 is 0 Å². The number of anilines is 1. The number of amides is 2. The summed E-state index contributed by atoms with van der Waals surface area (Å²) in [7, 11) is 0. The maximum Gasteiger partial charge on any atom is 0.341 e. The van der Waals surface area contributed by atoms with Gasteiger partial charge >= 0.3 is 6.03 Å². The van der Waals surface area contributed by atoms with Crippen molar-refractivity contribution in [3.05, 3.63) is 24.3 Å². The van der Waals surface area contributed by atoms with Crippen molar-refractivity contribution in [2.45, 2.75) is 51.0 Å². The topological polar surface area (TPSA) is 66.7 Å². The van der Waals surface area contributed by atoms with Crippen LogP contribution in [0, 0.1) is 5.92 Å². The van der Waals surface area contributed by atoms with E-state index in [-0.39, 0.29) is 12.6 Å². The summed E-state index contributed by atoms with van der Waals surface area (Å²) in [6.45, 7) is 4.48. The second kappa shape index (κ2) is 7.43. The molecule has 1 radical (unpaired) electrons. The van der Waals surface area contributed by atoms with Crippen LogP contribution < -0.4 is 15.5 Å². The van der Waals surface area contributed by atoms with Crippen molar-refractivity contribution in [3.8, 4) is 0 Å². The molecular weight excluding hydrogens is 302 g/mol. The van der Waals surface area contributed by atoms with Crippen LogP contribution in [0.3, 0.4) is 0 Å². The highest BCUT2D eigenvalue weighted by Gasteiger charge is 2.34. The van der Waals surface area contributed by atoms with E-state index in [4.69, 9.17) is 0 Å². The lowest BCUT2D eigenvalue weighted by Crippen LogP contribution is -2.50. The zero-order chi connectivity index (χ0) is 17.0. The summed E-state index contributed by atoms with van der Waals surface area (Å²) >= 11 is 0. The molecule has 2 fully saturated rings. The van der Waals surface area contributed by atoms with Gasteiger partial charge in [-0.3, -0.25) is 0 Å². The van der Waals surface area contributed by atoms with Crippen LogP contribution in [-0.2, 0) is 0 Å². The predicted octanol–water partition coefficient (Wildman–Crippen LogP) is 3.17. The zero-order valence-electron chi connectivity index (χ0n) is 14.5. The highest BCUT2D eigenvalue weighted by molar-refractivity contribution is 5.80. The second-order valence-electron chi connectivity index (χ2n) is 7.37. The minimum atomic E-state index is -0.467. The largest absolute Gasteiger partial charge is 0.394 e. The van der Waals surface area contributed by atoms with Crippen LogP contribution in [0.15, 0.2) is 24.3 Å². The first-order chi connectivity index (χ1) is 11.6. The first-order valence-electron chi connectivity index (χ1n) is 9.10. The quantitative estimate of drug-likeness (QED) is 0.891. The van der Waals surface area contributed by atoms with Crippen molar-refractivity contribution in [2.75, 3.05) is 24.6 Å². The Morgan fingerprint density at radius 1 is 1.25 bits per heavy atom. The summed E-state index contributed by atoms with van der Waals surface area (Å²) in [5.41, 5.74) is 1.39. The van der Waals surface area contributed by atoms with Crippen molar-refractivity contribution in [1.82, 2.24) is 10.6 Å². The standard InChI is InChI=1S/C19H28N3O2/c1-15-8-12-22(13-9-15)17-6-4-16(5-7-17)20-18(24)21-19(14-23)10-2-3-11-19/h4-7,15,23H,2-3,8-14H2,1H3,(H,21,24). The van der Waals surface area contributed by atoms with Crippen molar-refractivity contribution >= 4 is 17.4 Å². The number of rotatable bonds is 4. The van der Waals surface area contributed by atoms with Crippen LogP contribution in [0.25, 0.3) is 0 Å². The lowest BCUT2D eigenvalue weighted by Gasteiger charge is -2.32. The van der Waals surface area contributed by atoms with Crippen molar-refractivity contribution in [2.24, 2.45) is 5.92 Å². The Balaban J connectivity index is 1.55. The molecule has 1 aromatic carbocycles. The van der Waals surface area contributed by atoms with E-state index in [9.17, 15) is 9.90 Å². The van der Waals surface area contributed by atoms with Crippen LogP contribution in [0.4, 0.5) is 16.2 Å². The summed E-state index contributed by atoms with van der Waals surface area (Å²) < 4.78 is 0. The molecule has 5 nitrogen and oxygen atoms in total. The van der Waals surface area contributed by atoms with Gasteiger partial charge in [-0.05, 0) is 55.9 Å². The molecule has 2 amide bonds. The van der Waals surface area contributed by atoms with Crippen LogP contribution in [0.5, 0.6) is 0 Å². The predicted molar refractivity (Wildman–Crippen MR) is 95.7 cm³/mol. The smallest absolute Gasteiger partial charge is 0.341 e. The van der Waals surface area contributed by atoms with Gasteiger partial charge in [0, 0.05) is 18.8 Å². The number of aliphatic hydroxyl groups is 1.